The molecule has 0 unspecified atom stereocenters. The smallest absolute Gasteiger partial charge is 0.167 e. The molecule has 1 aromatic carbocycles. The zero-order chi connectivity index (χ0) is 26.5. The zero-order valence-corrected chi connectivity index (χ0v) is 22.6. The number of aromatic amines is 1. The number of rotatable bonds is 7. The molecule has 3 atom stereocenters. The number of benzene rings is 1. The lowest BCUT2D eigenvalue weighted by molar-refractivity contribution is 0.217. The van der Waals surface area contributed by atoms with Crippen LogP contribution in [0.25, 0.3) is 22.2 Å². The van der Waals surface area contributed by atoms with E-state index in [0.29, 0.717) is 38.8 Å². The molecular formula is C25H24Cl2FN5O3S. The van der Waals surface area contributed by atoms with Gasteiger partial charge < -0.3 is 9.64 Å². The molecule has 1 fully saturated rings. The summed E-state index contributed by atoms with van der Waals surface area (Å²) in [5, 5.41) is 8.55. The number of ether oxygens (including phenoxy) is 1. The van der Waals surface area contributed by atoms with Crippen molar-refractivity contribution in [3.8, 4) is 17.0 Å². The Morgan fingerprint density at radius 2 is 1.95 bits per heavy atom. The number of aromatic nitrogens is 4. The van der Waals surface area contributed by atoms with Crippen molar-refractivity contribution in [3.05, 3.63) is 64.3 Å². The molecule has 1 N–H and O–H groups in total. The SMILES string of the molecule is C[C@@H]1[C@@H](CS(C)(=O)=O)CN1c1ccc(-c2n[nH]c3cc(F)c(O[C@H](C)c4c(Cl)cncc4Cl)cc23)cn1. The Kier molecular flexibility index (Phi) is 6.76. The summed E-state index contributed by atoms with van der Waals surface area (Å²) in [5.41, 5.74) is 2.36. The van der Waals surface area contributed by atoms with E-state index in [9.17, 15) is 12.8 Å². The number of fused-ring (bicyclic) bond motifs is 1. The van der Waals surface area contributed by atoms with Crippen LogP contribution < -0.4 is 9.64 Å². The van der Waals surface area contributed by atoms with Crippen molar-refractivity contribution in [1.29, 1.82) is 0 Å². The Morgan fingerprint density at radius 3 is 2.57 bits per heavy atom. The maximum Gasteiger partial charge on any atom is 0.167 e. The van der Waals surface area contributed by atoms with Gasteiger partial charge in [-0.15, -0.1) is 0 Å². The van der Waals surface area contributed by atoms with Crippen molar-refractivity contribution < 1.29 is 17.5 Å². The van der Waals surface area contributed by atoms with Gasteiger partial charge in [-0.2, -0.15) is 5.10 Å². The third-order valence-corrected chi connectivity index (χ3v) is 8.29. The number of hydrogen-bond donors (Lipinski definition) is 1. The number of hydrogen-bond acceptors (Lipinski definition) is 7. The van der Waals surface area contributed by atoms with Crippen molar-refractivity contribution in [1.82, 2.24) is 20.2 Å². The molecule has 1 aliphatic rings. The second kappa shape index (κ2) is 9.74. The Hall–Kier alpha value is -2.95. The van der Waals surface area contributed by atoms with E-state index >= 15 is 0 Å². The summed E-state index contributed by atoms with van der Waals surface area (Å²) in [7, 11) is -3.03. The summed E-state index contributed by atoms with van der Waals surface area (Å²) in [6, 6.07) is 6.75. The number of sulfone groups is 1. The summed E-state index contributed by atoms with van der Waals surface area (Å²) in [5.74, 6) is 0.485. The van der Waals surface area contributed by atoms with Crippen LogP contribution in [-0.4, -0.2) is 53.2 Å². The van der Waals surface area contributed by atoms with Crippen molar-refractivity contribution in [2.75, 3.05) is 23.5 Å². The Balaban J connectivity index is 1.39. The molecule has 0 aliphatic carbocycles. The van der Waals surface area contributed by atoms with E-state index in [1.54, 1.807) is 19.2 Å². The van der Waals surface area contributed by atoms with E-state index in [2.05, 4.69) is 25.1 Å². The van der Waals surface area contributed by atoms with Crippen molar-refractivity contribution >= 4 is 49.8 Å². The highest BCUT2D eigenvalue weighted by molar-refractivity contribution is 7.90. The maximum absolute atomic E-state index is 14.9. The van der Waals surface area contributed by atoms with Crippen LogP contribution in [0.4, 0.5) is 10.2 Å². The van der Waals surface area contributed by atoms with Gasteiger partial charge in [0.1, 0.15) is 27.5 Å². The number of nitrogens with zero attached hydrogens (tertiary/aromatic N) is 4. The average Bonchev–Trinajstić information content (AvgIpc) is 3.23. The standard InChI is InChI=1S/C25H24Cl2FN5O3S/c1-13-16(12-37(3,34)35)11-33(13)23-5-4-15(8-30-23)25-17-6-22(20(28)7-21(17)31-32-25)36-14(2)24-18(26)9-29-10-19(24)27/h4-10,13-14,16H,11-12H2,1-3H3,(H,31,32)/t13-,14-,16-/m1/s1. The van der Waals surface area contributed by atoms with Crippen LogP contribution in [0, 0.1) is 11.7 Å². The second-order valence-corrected chi connectivity index (χ2v) is 12.3. The fraction of sp³-hybridized carbons (Fsp3) is 0.320. The highest BCUT2D eigenvalue weighted by atomic mass is 35.5. The molecule has 37 heavy (non-hydrogen) atoms. The third kappa shape index (κ3) is 5.10. The molecule has 1 saturated heterocycles. The molecule has 5 rings (SSSR count). The van der Waals surface area contributed by atoms with Crippen LogP contribution in [-0.2, 0) is 9.84 Å². The van der Waals surface area contributed by atoms with Crippen LogP contribution in [0.3, 0.4) is 0 Å². The maximum atomic E-state index is 14.9. The van der Waals surface area contributed by atoms with Gasteiger partial charge in [0.25, 0.3) is 0 Å². The summed E-state index contributed by atoms with van der Waals surface area (Å²) in [6.07, 6.45) is 5.25. The lowest BCUT2D eigenvalue weighted by Gasteiger charge is -2.47. The first-order valence-electron chi connectivity index (χ1n) is 11.6. The third-order valence-electron chi connectivity index (χ3n) is 6.65. The first-order chi connectivity index (χ1) is 17.5. The number of pyridine rings is 2. The Labute approximate surface area is 223 Å². The van der Waals surface area contributed by atoms with E-state index in [4.69, 9.17) is 27.9 Å². The van der Waals surface area contributed by atoms with E-state index in [-0.39, 0.29) is 23.5 Å². The topological polar surface area (TPSA) is 101 Å². The van der Waals surface area contributed by atoms with Crippen LogP contribution >= 0.6 is 23.2 Å². The molecule has 12 heteroatoms. The molecule has 194 valence electrons. The lowest BCUT2D eigenvalue weighted by atomic mass is 9.92. The molecule has 0 spiro atoms. The van der Waals surface area contributed by atoms with Gasteiger partial charge in [0.2, 0.25) is 0 Å². The fourth-order valence-corrected chi connectivity index (χ4v) is 6.49. The molecule has 4 heterocycles. The minimum absolute atomic E-state index is 0.0301. The van der Waals surface area contributed by atoms with Gasteiger partial charge in [-0.05, 0) is 32.0 Å². The van der Waals surface area contributed by atoms with Crippen molar-refractivity contribution in [3.63, 3.8) is 0 Å². The number of H-pyrrole nitrogens is 1. The molecule has 3 aromatic heterocycles. The van der Waals surface area contributed by atoms with Crippen molar-refractivity contribution in [2.24, 2.45) is 5.92 Å². The fourth-order valence-electron chi connectivity index (χ4n) is 4.65. The van der Waals surface area contributed by atoms with Crippen LogP contribution in [0.5, 0.6) is 5.75 Å². The summed E-state index contributed by atoms with van der Waals surface area (Å²) in [4.78, 5) is 10.6. The summed E-state index contributed by atoms with van der Waals surface area (Å²) >= 11 is 12.5. The summed E-state index contributed by atoms with van der Waals surface area (Å²) in [6.45, 7) is 4.36. The number of halogens is 3. The first kappa shape index (κ1) is 25.7. The van der Waals surface area contributed by atoms with E-state index in [1.807, 2.05) is 19.1 Å². The molecular weight excluding hydrogens is 540 g/mol. The molecule has 0 saturated carbocycles. The quantitative estimate of drug-likeness (QED) is 0.318. The van der Waals surface area contributed by atoms with Gasteiger partial charge in [0.05, 0.1) is 21.3 Å². The molecule has 8 nitrogen and oxygen atoms in total. The first-order valence-corrected chi connectivity index (χ1v) is 14.4. The van der Waals surface area contributed by atoms with E-state index < -0.39 is 21.8 Å². The monoisotopic (exact) mass is 563 g/mol. The van der Waals surface area contributed by atoms with Crippen LogP contribution in [0.1, 0.15) is 25.5 Å². The molecule has 0 amide bonds. The van der Waals surface area contributed by atoms with Gasteiger partial charge in [0, 0.05) is 65.9 Å². The minimum Gasteiger partial charge on any atom is -0.483 e. The number of anilines is 1. The normalized spacial score (nSPS) is 18.6. The molecule has 0 radical (unpaired) electrons. The van der Waals surface area contributed by atoms with Gasteiger partial charge in [0.15, 0.2) is 11.6 Å². The van der Waals surface area contributed by atoms with Gasteiger partial charge in [-0.25, -0.2) is 17.8 Å². The zero-order valence-electron chi connectivity index (χ0n) is 20.2. The highest BCUT2D eigenvalue weighted by Crippen LogP contribution is 2.37. The minimum atomic E-state index is -3.03. The van der Waals surface area contributed by atoms with E-state index in [0.717, 1.165) is 11.4 Å². The largest absolute Gasteiger partial charge is 0.483 e. The average molecular weight is 564 g/mol. The second-order valence-electron chi connectivity index (χ2n) is 9.33. The molecule has 1 aliphatic heterocycles. The Morgan fingerprint density at radius 1 is 1.22 bits per heavy atom. The predicted octanol–water partition coefficient (Wildman–Crippen LogP) is 5.48. The summed E-state index contributed by atoms with van der Waals surface area (Å²) < 4.78 is 44.0. The molecule has 4 aromatic rings. The van der Waals surface area contributed by atoms with Gasteiger partial charge >= 0.3 is 0 Å². The number of nitrogens with one attached hydrogen (secondary N) is 1. The lowest BCUT2D eigenvalue weighted by Crippen LogP contribution is -2.57. The van der Waals surface area contributed by atoms with Gasteiger partial charge in [-0.1, -0.05) is 23.2 Å². The van der Waals surface area contributed by atoms with Crippen LogP contribution in [0.15, 0.2) is 42.9 Å². The van der Waals surface area contributed by atoms with Crippen LogP contribution in [0.2, 0.25) is 10.0 Å². The van der Waals surface area contributed by atoms with Crippen molar-refractivity contribution in [2.45, 2.75) is 26.0 Å². The Bertz CT molecular complexity index is 1560. The van der Waals surface area contributed by atoms with E-state index in [1.165, 1.54) is 24.7 Å². The predicted molar refractivity (Wildman–Crippen MR) is 143 cm³/mol. The highest BCUT2D eigenvalue weighted by Gasteiger charge is 2.38. The van der Waals surface area contributed by atoms with Gasteiger partial charge in [-0.3, -0.25) is 10.1 Å². The molecule has 0 bridgehead atoms.